The third-order valence-electron chi connectivity index (χ3n) is 4.20. The van der Waals surface area contributed by atoms with Gasteiger partial charge in [0, 0.05) is 25.2 Å². The van der Waals surface area contributed by atoms with Gasteiger partial charge in [-0.1, -0.05) is 32.0 Å². The van der Waals surface area contributed by atoms with Gasteiger partial charge in [0.05, 0.1) is 23.6 Å². The van der Waals surface area contributed by atoms with E-state index in [-0.39, 0.29) is 0 Å². The van der Waals surface area contributed by atoms with E-state index in [0.29, 0.717) is 19.0 Å². The fourth-order valence-corrected chi connectivity index (χ4v) is 3.56. The summed E-state index contributed by atoms with van der Waals surface area (Å²) in [6.45, 7) is 7.63. The Hall–Kier alpha value is -2.67. The predicted molar refractivity (Wildman–Crippen MR) is 112 cm³/mol. The summed E-state index contributed by atoms with van der Waals surface area (Å²) < 4.78 is 1.91. The minimum Gasteiger partial charge on any atom is -0.352 e. The molecule has 0 spiro atoms. The highest BCUT2D eigenvalue weighted by Gasteiger charge is 2.08. The van der Waals surface area contributed by atoms with Crippen molar-refractivity contribution < 1.29 is 0 Å². The van der Waals surface area contributed by atoms with Gasteiger partial charge in [0.15, 0.2) is 5.96 Å². The Bertz CT molecular complexity index is 909. The Morgan fingerprint density at radius 2 is 1.96 bits per heavy atom. The van der Waals surface area contributed by atoms with Gasteiger partial charge < -0.3 is 10.6 Å². The zero-order valence-corrected chi connectivity index (χ0v) is 17.0. The number of nitrogens with zero attached hydrogens (tertiary/aromatic N) is 4. The van der Waals surface area contributed by atoms with Gasteiger partial charge in [0.2, 0.25) is 0 Å². The number of para-hydroxylation sites is 1. The molecule has 0 aliphatic carbocycles. The molecule has 0 saturated heterocycles. The summed E-state index contributed by atoms with van der Waals surface area (Å²) in [5.41, 5.74) is 4.36. The second-order valence-corrected chi connectivity index (χ2v) is 7.57. The van der Waals surface area contributed by atoms with Crippen LogP contribution in [0.5, 0.6) is 0 Å². The van der Waals surface area contributed by atoms with Crippen molar-refractivity contribution in [3.8, 4) is 5.69 Å². The Kier molecular flexibility index (Phi) is 6.24. The van der Waals surface area contributed by atoms with Crippen LogP contribution in [0.1, 0.15) is 41.7 Å². The van der Waals surface area contributed by atoms with Crippen LogP contribution in [0.3, 0.4) is 0 Å². The SMILES string of the molecule is CN=C(NCc1nc(C(C)C)cs1)NCc1ccccc1-n1ccc(C)n1. The summed E-state index contributed by atoms with van der Waals surface area (Å²) in [5, 5.41) is 14.4. The lowest BCUT2D eigenvalue weighted by atomic mass is 10.2. The molecule has 0 amide bonds. The maximum absolute atomic E-state index is 4.65. The van der Waals surface area contributed by atoms with Crippen LogP contribution in [0.4, 0.5) is 0 Å². The molecule has 3 aromatic rings. The van der Waals surface area contributed by atoms with Crippen LogP contribution in [0.2, 0.25) is 0 Å². The molecule has 6 nitrogen and oxygen atoms in total. The highest BCUT2D eigenvalue weighted by molar-refractivity contribution is 7.09. The smallest absolute Gasteiger partial charge is 0.191 e. The minimum absolute atomic E-state index is 0.454. The molecule has 0 unspecified atom stereocenters. The normalized spacial score (nSPS) is 11.8. The Balaban J connectivity index is 1.61. The number of hydrogen-bond acceptors (Lipinski definition) is 4. The van der Waals surface area contributed by atoms with Crippen LogP contribution in [-0.2, 0) is 13.1 Å². The van der Waals surface area contributed by atoms with Crippen molar-refractivity contribution in [1.29, 1.82) is 0 Å². The molecule has 27 heavy (non-hydrogen) atoms. The molecule has 2 aromatic heterocycles. The molecule has 0 atom stereocenters. The first-order valence-corrected chi connectivity index (χ1v) is 9.94. The molecule has 3 rings (SSSR count). The van der Waals surface area contributed by atoms with Crippen molar-refractivity contribution in [2.75, 3.05) is 7.05 Å². The van der Waals surface area contributed by atoms with Gasteiger partial charge in [-0.05, 0) is 30.5 Å². The van der Waals surface area contributed by atoms with Gasteiger partial charge in [-0.25, -0.2) is 9.67 Å². The zero-order valence-electron chi connectivity index (χ0n) is 16.2. The van der Waals surface area contributed by atoms with E-state index in [9.17, 15) is 0 Å². The molecule has 0 saturated carbocycles. The van der Waals surface area contributed by atoms with Gasteiger partial charge in [0.1, 0.15) is 5.01 Å². The first-order valence-electron chi connectivity index (χ1n) is 9.06. The Labute approximate surface area is 164 Å². The third kappa shape index (κ3) is 4.95. The second kappa shape index (κ2) is 8.81. The summed E-state index contributed by atoms with van der Waals surface area (Å²) in [5.74, 6) is 1.21. The van der Waals surface area contributed by atoms with Crippen LogP contribution in [-0.4, -0.2) is 27.8 Å². The largest absolute Gasteiger partial charge is 0.352 e. The van der Waals surface area contributed by atoms with Crippen LogP contribution in [0, 0.1) is 6.92 Å². The molecular formula is C20H26N6S. The molecule has 1 aromatic carbocycles. The lowest BCUT2D eigenvalue weighted by Crippen LogP contribution is -2.36. The lowest BCUT2D eigenvalue weighted by molar-refractivity contribution is 0.776. The molecule has 2 heterocycles. The Morgan fingerprint density at radius 3 is 2.63 bits per heavy atom. The van der Waals surface area contributed by atoms with E-state index in [4.69, 9.17) is 0 Å². The standard InChI is InChI=1S/C20H26N6S/c1-14(2)17-13-27-19(24-17)12-23-20(21-4)22-11-16-7-5-6-8-18(16)26-10-9-15(3)25-26/h5-10,13-14H,11-12H2,1-4H3,(H2,21,22,23). The maximum atomic E-state index is 4.65. The number of nitrogens with one attached hydrogen (secondary N) is 2. The molecule has 0 bridgehead atoms. The molecule has 0 radical (unpaired) electrons. The number of aromatic nitrogens is 3. The van der Waals surface area contributed by atoms with E-state index in [1.807, 2.05) is 36.0 Å². The average molecular weight is 383 g/mol. The van der Waals surface area contributed by atoms with E-state index in [0.717, 1.165) is 33.6 Å². The summed E-state index contributed by atoms with van der Waals surface area (Å²) in [7, 11) is 1.78. The Morgan fingerprint density at radius 1 is 1.19 bits per heavy atom. The van der Waals surface area contributed by atoms with E-state index < -0.39 is 0 Å². The minimum atomic E-state index is 0.454. The number of aryl methyl sites for hydroxylation is 1. The molecule has 7 heteroatoms. The van der Waals surface area contributed by atoms with Crippen molar-refractivity contribution in [1.82, 2.24) is 25.4 Å². The number of hydrogen-bond donors (Lipinski definition) is 2. The van der Waals surface area contributed by atoms with Gasteiger partial charge in [-0.3, -0.25) is 4.99 Å². The van der Waals surface area contributed by atoms with Gasteiger partial charge in [0.25, 0.3) is 0 Å². The summed E-state index contributed by atoms with van der Waals surface area (Å²) in [4.78, 5) is 8.97. The molecule has 2 N–H and O–H groups in total. The average Bonchev–Trinajstić information content (AvgIpc) is 3.31. The van der Waals surface area contributed by atoms with E-state index >= 15 is 0 Å². The van der Waals surface area contributed by atoms with Gasteiger partial charge in [-0.2, -0.15) is 5.10 Å². The van der Waals surface area contributed by atoms with E-state index in [2.05, 4.69) is 57.1 Å². The third-order valence-corrected chi connectivity index (χ3v) is 5.07. The number of benzene rings is 1. The summed E-state index contributed by atoms with van der Waals surface area (Å²) >= 11 is 1.68. The number of thiazole rings is 1. The predicted octanol–water partition coefficient (Wildman–Crippen LogP) is 3.63. The topological polar surface area (TPSA) is 67.1 Å². The lowest BCUT2D eigenvalue weighted by Gasteiger charge is -2.14. The van der Waals surface area contributed by atoms with E-state index in [1.54, 1.807) is 18.4 Å². The highest BCUT2D eigenvalue weighted by atomic mass is 32.1. The van der Waals surface area contributed by atoms with Crippen molar-refractivity contribution in [3.05, 3.63) is 63.9 Å². The second-order valence-electron chi connectivity index (χ2n) is 6.63. The number of guanidine groups is 1. The number of rotatable bonds is 6. The fraction of sp³-hybridized carbons (Fsp3) is 0.350. The first-order chi connectivity index (χ1) is 13.1. The van der Waals surface area contributed by atoms with Gasteiger partial charge in [-0.15, -0.1) is 11.3 Å². The zero-order chi connectivity index (χ0) is 19.2. The quantitative estimate of drug-likeness (QED) is 0.505. The van der Waals surface area contributed by atoms with Crippen LogP contribution < -0.4 is 10.6 Å². The summed E-state index contributed by atoms with van der Waals surface area (Å²) in [6.07, 6.45) is 1.98. The van der Waals surface area contributed by atoms with Crippen molar-refractivity contribution in [3.63, 3.8) is 0 Å². The van der Waals surface area contributed by atoms with Crippen molar-refractivity contribution >= 4 is 17.3 Å². The maximum Gasteiger partial charge on any atom is 0.191 e. The van der Waals surface area contributed by atoms with Crippen LogP contribution in [0.25, 0.3) is 5.69 Å². The molecular weight excluding hydrogens is 356 g/mol. The molecule has 142 valence electrons. The van der Waals surface area contributed by atoms with Crippen LogP contribution in [0.15, 0.2) is 46.9 Å². The van der Waals surface area contributed by atoms with E-state index in [1.165, 1.54) is 0 Å². The van der Waals surface area contributed by atoms with Gasteiger partial charge >= 0.3 is 0 Å². The van der Waals surface area contributed by atoms with Crippen molar-refractivity contribution in [2.24, 2.45) is 4.99 Å². The molecule has 0 aliphatic heterocycles. The highest BCUT2D eigenvalue weighted by Crippen LogP contribution is 2.17. The molecule has 0 fully saturated rings. The van der Waals surface area contributed by atoms with Crippen molar-refractivity contribution in [2.45, 2.75) is 39.8 Å². The first kappa shape index (κ1) is 19.1. The summed E-state index contributed by atoms with van der Waals surface area (Å²) in [6, 6.07) is 10.2. The molecule has 0 aliphatic rings. The van der Waals surface area contributed by atoms with Crippen LogP contribution >= 0.6 is 11.3 Å². The fourth-order valence-electron chi connectivity index (χ4n) is 2.66. The number of aliphatic imine (C=N–C) groups is 1. The monoisotopic (exact) mass is 382 g/mol.